The third kappa shape index (κ3) is 3.32. The average molecular weight is 430 g/mol. The van der Waals surface area contributed by atoms with Gasteiger partial charge in [-0.05, 0) is 30.8 Å². The van der Waals surface area contributed by atoms with Crippen LogP contribution < -0.4 is 0 Å². The number of hydrogen-bond acceptors (Lipinski definition) is 7. The lowest BCUT2D eigenvalue weighted by atomic mass is 10.0. The summed E-state index contributed by atoms with van der Waals surface area (Å²) in [5, 5.41) is 16.2. The van der Waals surface area contributed by atoms with Crippen molar-refractivity contribution in [2.75, 3.05) is 33.2 Å². The van der Waals surface area contributed by atoms with Crippen molar-refractivity contribution >= 4 is 27.9 Å². The summed E-state index contributed by atoms with van der Waals surface area (Å²) in [5.41, 5.74) is 0.977. The van der Waals surface area contributed by atoms with Gasteiger partial charge in [-0.15, -0.1) is 5.10 Å². The summed E-state index contributed by atoms with van der Waals surface area (Å²) in [4.78, 5) is 10.6. The Morgan fingerprint density at radius 2 is 1.93 bits per heavy atom. The Morgan fingerprint density at radius 1 is 1.14 bits per heavy atom. The highest BCUT2D eigenvalue weighted by Crippen LogP contribution is 2.42. The molecular weight excluding hydrogens is 410 g/mol. The molecule has 1 aliphatic rings. The van der Waals surface area contributed by atoms with E-state index in [-0.39, 0.29) is 11.9 Å². The number of nitrogens with zero attached hydrogens (tertiary/aromatic N) is 5. The summed E-state index contributed by atoms with van der Waals surface area (Å²) in [6, 6.07) is 11.2. The molecule has 3 aromatic heterocycles. The molecule has 29 heavy (non-hydrogen) atoms. The van der Waals surface area contributed by atoms with Gasteiger partial charge in [-0.3, -0.25) is 4.90 Å². The van der Waals surface area contributed by atoms with Crippen molar-refractivity contribution in [3.8, 4) is 17.5 Å². The topological polar surface area (TPSA) is 70.0 Å². The summed E-state index contributed by atoms with van der Waals surface area (Å²) >= 11 is 8.00. The van der Waals surface area contributed by atoms with Gasteiger partial charge in [0.25, 0.3) is 0 Å². The number of likely N-dealkylation sites (N-methyl/N-ethyl adjacent to an activating group) is 1. The highest BCUT2D eigenvalue weighted by Gasteiger charge is 2.32. The molecule has 1 aliphatic heterocycles. The van der Waals surface area contributed by atoms with E-state index < -0.39 is 0 Å². The largest absolute Gasteiger partial charge is 0.492 e. The minimum absolute atomic E-state index is 0.0964. The minimum atomic E-state index is -0.155. The van der Waals surface area contributed by atoms with Crippen LogP contribution in [0.15, 0.2) is 47.1 Å². The molecule has 0 radical (unpaired) electrons. The van der Waals surface area contributed by atoms with E-state index in [9.17, 15) is 5.11 Å². The molecule has 1 atom stereocenters. The van der Waals surface area contributed by atoms with Gasteiger partial charge in [0.1, 0.15) is 0 Å². The average Bonchev–Trinajstić information content (AvgIpc) is 3.44. The number of aromatic hydroxyl groups is 1. The molecule has 7 nitrogen and oxygen atoms in total. The third-order valence-electron chi connectivity index (χ3n) is 5.29. The fourth-order valence-electron chi connectivity index (χ4n) is 3.72. The summed E-state index contributed by atoms with van der Waals surface area (Å²) < 4.78 is 6.86. The van der Waals surface area contributed by atoms with Gasteiger partial charge in [-0.2, -0.15) is 9.50 Å². The molecule has 0 aliphatic carbocycles. The molecule has 0 saturated carbocycles. The predicted molar refractivity (Wildman–Crippen MR) is 113 cm³/mol. The van der Waals surface area contributed by atoms with Gasteiger partial charge < -0.3 is 14.4 Å². The van der Waals surface area contributed by atoms with E-state index in [1.54, 1.807) is 18.4 Å². The number of piperazine rings is 1. The van der Waals surface area contributed by atoms with Gasteiger partial charge in [0, 0.05) is 31.2 Å². The Morgan fingerprint density at radius 3 is 2.62 bits per heavy atom. The Balaban J connectivity index is 1.60. The SMILES string of the molecule is CN1CCN([C@H](c2ccccc2Cl)c2sc3nc(-c4ccco4)nn3c2O)CC1. The Bertz CT molecular complexity index is 1130. The maximum Gasteiger partial charge on any atom is 0.230 e. The number of halogens is 1. The quantitative estimate of drug-likeness (QED) is 0.532. The molecule has 5 rings (SSSR count). The van der Waals surface area contributed by atoms with Crippen LogP contribution in [0.3, 0.4) is 0 Å². The highest BCUT2D eigenvalue weighted by atomic mass is 35.5. The molecule has 1 aromatic carbocycles. The third-order valence-corrected chi connectivity index (χ3v) is 6.71. The lowest BCUT2D eigenvalue weighted by Crippen LogP contribution is -2.46. The number of furan rings is 1. The van der Waals surface area contributed by atoms with Crippen molar-refractivity contribution in [2.24, 2.45) is 0 Å². The first-order valence-electron chi connectivity index (χ1n) is 9.41. The second kappa shape index (κ2) is 7.46. The van der Waals surface area contributed by atoms with Crippen LogP contribution in [0.2, 0.25) is 5.02 Å². The van der Waals surface area contributed by atoms with E-state index in [1.165, 1.54) is 15.9 Å². The van der Waals surface area contributed by atoms with Crippen LogP contribution in [0.5, 0.6) is 5.88 Å². The van der Waals surface area contributed by atoms with Crippen LogP contribution in [0.25, 0.3) is 16.5 Å². The molecule has 1 saturated heterocycles. The van der Waals surface area contributed by atoms with Crippen molar-refractivity contribution < 1.29 is 9.52 Å². The lowest BCUT2D eigenvalue weighted by molar-refractivity contribution is 0.127. The Labute approximate surface area is 176 Å². The molecule has 0 spiro atoms. The summed E-state index contributed by atoms with van der Waals surface area (Å²) in [6.45, 7) is 3.70. The van der Waals surface area contributed by atoms with Crippen molar-refractivity contribution in [1.29, 1.82) is 0 Å². The van der Waals surface area contributed by atoms with Crippen LogP contribution in [0.4, 0.5) is 0 Å². The maximum atomic E-state index is 11.1. The van der Waals surface area contributed by atoms with Gasteiger partial charge in [-0.1, -0.05) is 41.1 Å². The van der Waals surface area contributed by atoms with Crippen LogP contribution in [-0.4, -0.2) is 62.7 Å². The van der Waals surface area contributed by atoms with Gasteiger partial charge in [0.2, 0.25) is 16.7 Å². The van der Waals surface area contributed by atoms with Crippen LogP contribution in [0.1, 0.15) is 16.5 Å². The summed E-state index contributed by atoms with van der Waals surface area (Å²) in [5.74, 6) is 1.12. The normalized spacial score (nSPS) is 17.2. The molecule has 1 N–H and O–H groups in total. The molecule has 4 heterocycles. The van der Waals surface area contributed by atoms with E-state index in [0.717, 1.165) is 36.6 Å². The van der Waals surface area contributed by atoms with E-state index in [4.69, 9.17) is 16.0 Å². The number of thiazole rings is 1. The maximum absolute atomic E-state index is 11.1. The van der Waals surface area contributed by atoms with Crippen molar-refractivity contribution in [2.45, 2.75) is 6.04 Å². The zero-order chi connectivity index (χ0) is 20.0. The van der Waals surface area contributed by atoms with E-state index in [0.29, 0.717) is 21.6 Å². The second-order valence-electron chi connectivity index (χ2n) is 7.16. The molecule has 0 bridgehead atoms. The van der Waals surface area contributed by atoms with E-state index in [1.807, 2.05) is 24.3 Å². The summed E-state index contributed by atoms with van der Waals surface area (Å²) in [6.07, 6.45) is 1.58. The molecule has 9 heteroatoms. The number of rotatable bonds is 4. The fourth-order valence-corrected chi connectivity index (χ4v) is 5.07. The minimum Gasteiger partial charge on any atom is -0.492 e. The predicted octanol–water partition coefficient (Wildman–Crippen LogP) is 3.75. The monoisotopic (exact) mass is 429 g/mol. The zero-order valence-electron chi connectivity index (χ0n) is 15.8. The van der Waals surface area contributed by atoms with Gasteiger partial charge >= 0.3 is 0 Å². The number of hydrogen-bond donors (Lipinski definition) is 1. The first kappa shape index (κ1) is 18.6. The molecule has 0 amide bonds. The lowest BCUT2D eigenvalue weighted by Gasteiger charge is -2.38. The smallest absolute Gasteiger partial charge is 0.230 e. The van der Waals surface area contributed by atoms with Gasteiger partial charge in [0.05, 0.1) is 17.2 Å². The molecule has 0 unspecified atom stereocenters. The van der Waals surface area contributed by atoms with Crippen molar-refractivity contribution in [1.82, 2.24) is 24.4 Å². The first-order valence-corrected chi connectivity index (χ1v) is 10.6. The van der Waals surface area contributed by atoms with Crippen molar-refractivity contribution in [3.63, 3.8) is 0 Å². The highest BCUT2D eigenvalue weighted by molar-refractivity contribution is 7.17. The second-order valence-corrected chi connectivity index (χ2v) is 8.58. The molecule has 1 fully saturated rings. The van der Waals surface area contributed by atoms with Crippen molar-refractivity contribution in [3.05, 3.63) is 58.1 Å². The number of aromatic nitrogens is 3. The summed E-state index contributed by atoms with van der Waals surface area (Å²) in [7, 11) is 2.12. The van der Waals surface area contributed by atoms with Crippen LogP contribution in [-0.2, 0) is 0 Å². The number of fused-ring (bicyclic) bond motifs is 1. The van der Waals surface area contributed by atoms with Gasteiger partial charge in [-0.25, -0.2) is 0 Å². The Kier molecular flexibility index (Phi) is 4.79. The van der Waals surface area contributed by atoms with Crippen LogP contribution >= 0.6 is 22.9 Å². The standard InChI is InChI=1S/C20H20ClN5O2S/c1-24-8-10-25(11-9-24)16(13-5-2-3-6-14(13)21)17-19(27)26-20(29-17)22-18(23-26)15-7-4-12-28-15/h2-7,12,16,27H,8-11H2,1H3/t16-/m1/s1. The first-order chi connectivity index (χ1) is 14.1. The van der Waals surface area contributed by atoms with Crippen LogP contribution in [0, 0.1) is 0 Å². The Hall–Kier alpha value is -2.39. The molecule has 150 valence electrons. The zero-order valence-corrected chi connectivity index (χ0v) is 17.4. The van der Waals surface area contributed by atoms with E-state index in [2.05, 4.69) is 26.9 Å². The molecular formula is C20H20ClN5O2S. The fraction of sp³-hybridized carbons (Fsp3) is 0.300. The van der Waals surface area contributed by atoms with E-state index >= 15 is 0 Å². The van der Waals surface area contributed by atoms with Gasteiger partial charge in [0.15, 0.2) is 5.76 Å². The molecule has 4 aromatic rings. The number of benzene rings is 1.